The number of para-hydroxylation sites is 2. The molecule has 40 heavy (non-hydrogen) atoms. The molecule has 0 spiro atoms. The van der Waals surface area contributed by atoms with Gasteiger partial charge in [-0.25, -0.2) is 15.0 Å². The Labute approximate surface area is 233 Å². The lowest BCUT2D eigenvalue weighted by Gasteiger charge is -2.37. The van der Waals surface area contributed by atoms with Crippen LogP contribution in [0.3, 0.4) is 0 Å². The Morgan fingerprint density at radius 1 is 1.05 bits per heavy atom. The molecule has 3 fully saturated rings. The fourth-order valence-corrected chi connectivity index (χ4v) is 6.50. The summed E-state index contributed by atoms with van der Waals surface area (Å²) in [6, 6.07) is 8.65. The summed E-state index contributed by atoms with van der Waals surface area (Å²) in [7, 11) is 1.98. The Hall–Kier alpha value is -3.41. The summed E-state index contributed by atoms with van der Waals surface area (Å²) in [6.45, 7) is 6.77. The molecule has 1 aromatic carbocycles. The number of fused-ring (bicyclic) bond motifs is 2. The minimum atomic E-state index is -0.239. The molecule has 5 heterocycles. The number of ether oxygens (including phenoxy) is 1. The zero-order valence-corrected chi connectivity index (χ0v) is 23.3. The molecule has 1 amide bonds. The average Bonchev–Trinajstić information content (AvgIpc) is 3.72. The molecule has 4 aromatic rings. The lowest BCUT2D eigenvalue weighted by Crippen LogP contribution is -2.52. The number of benzene rings is 1. The van der Waals surface area contributed by atoms with E-state index in [0.29, 0.717) is 38.2 Å². The highest BCUT2D eigenvalue weighted by Crippen LogP contribution is 2.29. The number of carbonyl (C=O) groups excluding carboxylic acids is 1. The smallest absolute Gasteiger partial charge is 0.238 e. The van der Waals surface area contributed by atoms with Crippen LogP contribution in [0.4, 0.5) is 0 Å². The second-order valence-corrected chi connectivity index (χ2v) is 11.2. The first-order chi connectivity index (χ1) is 19.6. The zero-order valence-electron chi connectivity index (χ0n) is 23.3. The van der Waals surface area contributed by atoms with Crippen molar-refractivity contribution >= 4 is 28.1 Å². The summed E-state index contributed by atoms with van der Waals surface area (Å²) in [5.74, 6) is 2.45. The van der Waals surface area contributed by atoms with E-state index >= 15 is 0 Å². The van der Waals surface area contributed by atoms with Crippen molar-refractivity contribution in [2.45, 2.75) is 57.7 Å². The molecule has 7 rings (SSSR count). The molecular weight excluding hydrogens is 506 g/mol. The number of piperazine rings is 1. The van der Waals surface area contributed by atoms with Gasteiger partial charge in [0.2, 0.25) is 11.9 Å². The molecule has 2 saturated heterocycles. The Morgan fingerprint density at radius 3 is 2.67 bits per heavy atom. The van der Waals surface area contributed by atoms with Gasteiger partial charge < -0.3 is 19.5 Å². The van der Waals surface area contributed by atoms with Gasteiger partial charge in [-0.1, -0.05) is 31.9 Å². The lowest BCUT2D eigenvalue weighted by molar-refractivity contribution is -0.137. The molecular formula is C29H37N9O2. The van der Waals surface area contributed by atoms with Crippen LogP contribution < -0.4 is 5.32 Å². The van der Waals surface area contributed by atoms with Crippen molar-refractivity contribution in [3.05, 3.63) is 41.6 Å². The molecule has 11 heteroatoms. The Kier molecular flexibility index (Phi) is 6.73. The summed E-state index contributed by atoms with van der Waals surface area (Å²) in [4.78, 5) is 37.5. The zero-order chi connectivity index (χ0) is 27.2. The van der Waals surface area contributed by atoms with Crippen molar-refractivity contribution < 1.29 is 9.53 Å². The second kappa shape index (κ2) is 10.5. The normalized spacial score (nSPS) is 21.3. The number of morpholine rings is 1. The number of nitrogens with one attached hydrogen (secondary N) is 1. The van der Waals surface area contributed by atoms with Gasteiger partial charge >= 0.3 is 0 Å². The maximum Gasteiger partial charge on any atom is 0.238 e. The summed E-state index contributed by atoms with van der Waals surface area (Å²) in [5.41, 5.74) is 4.13. The monoisotopic (exact) mass is 543 g/mol. The van der Waals surface area contributed by atoms with Gasteiger partial charge in [0.1, 0.15) is 29.0 Å². The van der Waals surface area contributed by atoms with E-state index in [2.05, 4.69) is 23.2 Å². The maximum absolute atomic E-state index is 13.2. The molecule has 1 aliphatic carbocycles. The van der Waals surface area contributed by atoms with E-state index in [1.807, 2.05) is 39.3 Å². The highest BCUT2D eigenvalue weighted by molar-refractivity contribution is 5.81. The predicted octanol–water partition coefficient (Wildman–Crippen LogP) is 2.51. The van der Waals surface area contributed by atoms with Crippen molar-refractivity contribution in [1.29, 1.82) is 0 Å². The van der Waals surface area contributed by atoms with E-state index in [-0.39, 0.29) is 12.0 Å². The van der Waals surface area contributed by atoms with Crippen LogP contribution in [-0.4, -0.2) is 90.1 Å². The third-order valence-corrected chi connectivity index (χ3v) is 8.73. The molecule has 1 atom stereocenters. The van der Waals surface area contributed by atoms with Crippen molar-refractivity contribution in [3.8, 4) is 5.95 Å². The van der Waals surface area contributed by atoms with E-state index in [9.17, 15) is 4.79 Å². The van der Waals surface area contributed by atoms with Crippen molar-refractivity contribution in [2.24, 2.45) is 7.05 Å². The number of imidazole rings is 2. The standard InChI is InChI=1S/C29H37N9O2/c1-3-23-31-20-10-6-7-11-21(20)38(23)29-33-26(22-16-30-12-15-40-22)27-28(34-29)35(2)24(32-27)17-37-14-13-36(18-25(37)39)19-8-4-5-9-19/h6-7,10-11,19,22,30H,3-5,8-9,12-18H2,1-2H3. The van der Waals surface area contributed by atoms with Gasteiger partial charge in [0.25, 0.3) is 0 Å². The van der Waals surface area contributed by atoms with Crippen molar-refractivity contribution in [3.63, 3.8) is 0 Å². The van der Waals surface area contributed by atoms with Crippen LogP contribution in [0.5, 0.6) is 0 Å². The second-order valence-electron chi connectivity index (χ2n) is 11.2. The molecule has 0 bridgehead atoms. The topological polar surface area (TPSA) is 106 Å². The molecule has 11 nitrogen and oxygen atoms in total. The van der Waals surface area contributed by atoms with Gasteiger partial charge in [-0.3, -0.25) is 14.3 Å². The summed E-state index contributed by atoms with van der Waals surface area (Å²) in [5, 5.41) is 3.43. The van der Waals surface area contributed by atoms with E-state index in [4.69, 9.17) is 24.7 Å². The number of rotatable bonds is 6. The number of aryl methyl sites for hydroxylation is 2. The largest absolute Gasteiger partial charge is 0.369 e. The molecule has 1 N–H and O–H groups in total. The first-order valence-electron chi connectivity index (χ1n) is 14.6. The molecule has 1 saturated carbocycles. The van der Waals surface area contributed by atoms with Gasteiger partial charge in [-0.15, -0.1) is 0 Å². The first kappa shape index (κ1) is 25.6. The fraction of sp³-hybridized carbons (Fsp3) is 0.552. The summed E-state index contributed by atoms with van der Waals surface area (Å²) in [6.07, 6.45) is 5.49. The molecule has 1 unspecified atom stereocenters. The fourth-order valence-electron chi connectivity index (χ4n) is 6.50. The highest BCUT2D eigenvalue weighted by atomic mass is 16.5. The minimum absolute atomic E-state index is 0.175. The van der Waals surface area contributed by atoms with Gasteiger partial charge in [0.15, 0.2) is 5.65 Å². The number of aromatic nitrogens is 6. The van der Waals surface area contributed by atoms with Crippen LogP contribution in [0.2, 0.25) is 0 Å². The molecule has 3 aromatic heterocycles. The van der Waals surface area contributed by atoms with Gasteiger partial charge in [0.05, 0.1) is 30.7 Å². The predicted molar refractivity (Wildman–Crippen MR) is 151 cm³/mol. The number of amides is 1. The number of nitrogens with zero attached hydrogens (tertiary/aromatic N) is 8. The SMILES string of the molecule is CCc1nc2ccccc2n1-c1nc(C2CNCCO2)c2nc(CN3CCN(C4CCCC4)CC3=O)n(C)c2n1. The number of hydrogen-bond acceptors (Lipinski definition) is 8. The lowest BCUT2D eigenvalue weighted by atomic mass is 10.1. The van der Waals surface area contributed by atoms with Gasteiger partial charge in [-0.05, 0) is 25.0 Å². The third-order valence-electron chi connectivity index (χ3n) is 8.73. The highest BCUT2D eigenvalue weighted by Gasteiger charge is 2.32. The average molecular weight is 544 g/mol. The van der Waals surface area contributed by atoms with E-state index < -0.39 is 0 Å². The quantitative estimate of drug-likeness (QED) is 0.396. The Morgan fingerprint density at radius 2 is 1.90 bits per heavy atom. The Bertz CT molecular complexity index is 1550. The van der Waals surface area contributed by atoms with Gasteiger partial charge in [0, 0.05) is 45.7 Å². The minimum Gasteiger partial charge on any atom is -0.369 e. The third kappa shape index (κ3) is 4.46. The van der Waals surface area contributed by atoms with Crippen LogP contribution in [0.15, 0.2) is 24.3 Å². The van der Waals surface area contributed by atoms with E-state index in [0.717, 1.165) is 65.6 Å². The summed E-state index contributed by atoms with van der Waals surface area (Å²) < 4.78 is 10.2. The van der Waals surface area contributed by atoms with Crippen LogP contribution in [0.1, 0.15) is 56.1 Å². The molecule has 3 aliphatic rings. The van der Waals surface area contributed by atoms with Crippen molar-refractivity contribution in [1.82, 2.24) is 44.2 Å². The van der Waals surface area contributed by atoms with Crippen LogP contribution >= 0.6 is 0 Å². The Balaban J connectivity index is 1.27. The number of hydrogen-bond donors (Lipinski definition) is 1. The molecule has 210 valence electrons. The summed E-state index contributed by atoms with van der Waals surface area (Å²) >= 11 is 0. The van der Waals surface area contributed by atoms with Crippen LogP contribution in [-0.2, 0) is 29.5 Å². The van der Waals surface area contributed by atoms with Crippen LogP contribution in [0, 0.1) is 0 Å². The van der Waals surface area contributed by atoms with E-state index in [1.54, 1.807) is 0 Å². The number of carbonyl (C=O) groups is 1. The maximum atomic E-state index is 13.2. The first-order valence-corrected chi connectivity index (χ1v) is 14.6. The molecule has 2 aliphatic heterocycles. The molecule has 0 radical (unpaired) electrons. The van der Waals surface area contributed by atoms with Crippen molar-refractivity contribution in [2.75, 3.05) is 39.3 Å². The van der Waals surface area contributed by atoms with Crippen LogP contribution in [0.25, 0.3) is 28.1 Å². The van der Waals surface area contributed by atoms with Gasteiger partial charge in [-0.2, -0.15) is 4.98 Å². The van der Waals surface area contributed by atoms with E-state index in [1.165, 1.54) is 25.7 Å².